The van der Waals surface area contributed by atoms with Gasteiger partial charge < -0.3 is 24.6 Å². The van der Waals surface area contributed by atoms with E-state index in [-0.39, 0.29) is 31.2 Å². The third kappa shape index (κ3) is 7.88. The predicted octanol–water partition coefficient (Wildman–Crippen LogP) is 6.14. The summed E-state index contributed by atoms with van der Waals surface area (Å²) >= 11 is 0. The van der Waals surface area contributed by atoms with Gasteiger partial charge in [0.25, 0.3) is 0 Å². The minimum absolute atomic E-state index is 0.0145. The number of benzene rings is 3. The van der Waals surface area contributed by atoms with Crippen molar-refractivity contribution < 1.29 is 37.3 Å². The maximum Gasteiger partial charge on any atom is 0.416 e. The number of halogens is 3. The zero-order valence-electron chi connectivity index (χ0n) is 20.9. The van der Waals surface area contributed by atoms with Crippen molar-refractivity contribution in [3.05, 3.63) is 77.4 Å². The molecule has 0 saturated heterocycles. The van der Waals surface area contributed by atoms with Crippen molar-refractivity contribution in [1.82, 2.24) is 5.32 Å². The summed E-state index contributed by atoms with van der Waals surface area (Å²) in [6.07, 6.45) is -4.50. The monoisotopic (exact) mass is 517 g/mol. The van der Waals surface area contributed by atoms with Gasteiger partial charge in [-0.25, -0.2) is 0 Å². The molecule has 0 unspecified atom stereocenters. The largest absolute Gasteiger partial charge is 0.497 e. The summed E-state index contributed by atoms with van der Waals surface area (Å²) in [5.41, 5.74) is 1.58. The summed E-state index contributed by atoms with van der Waals surface area (Å²) in [4.78, 5) is 11.0. The SMILES string of the molecule is COc1cccc([C@@H](C)NCCOc2cc(-c3ccc(OC)c(CCC(=O)O)c3)cc(C(F)(F)F)c2)c1. The van der Waals surface area contributed by atoms with Gasteiger partial charge in [-0.1, -0.05) is 18.2 Å². The third-order valence-electron chi connectivity index (χ3n) is 5.87. The lowest BCUT2D eigenvalue weighted by atomic mass is 9.98. The lowest BCUT2D eigenvalue weighted by Gasteiger charge is -2.17. The molecule has 0 aliphatic rings. The van der Waals surface area contributed by atoms with Crippen molar-refractivity contribution in [2.75, 3.05) is 27.4 Å². The molecule has 3 aromatic rings. The Kier molecular flexibility index (Phi) is 9.41. The summed E-state index contributed by atoms with van der Waals surface area (Å²) in [6.45, 7) is 2.54. The van der Waals surface area contributed by atoms with Gasteiger partial charge in [-0.2, -0.15) is 13.2 Å². The van der Waals surface area contributed by atoms with E-state index in [1.54, 1.807) is 31.4 Å². The summed E-state index contributed by atoms with van der Waals surface area (Å²) in [6, 6.07) is 16.1. The highest BCUT2D eigenvalue weighted by Gasteiger charge is 2.31. The van der Waals surface area contributed by atoms with E-state index in [0.29, 0.717) is 29.0 Å². The number of nitrogens with one attached hydrogen (secondary N) is 1. The van der Waals surface area contributed by atoms with E-state index in [1.165, 1.54) is 7.11 Å². The molecule has 37 heavy (non-hydrogen) atoms. The second-order valence-electron chi connectivity index (χ2n) is 8.47. The van der Waals surface area contributed by atoms with E-state index in [4.69, 9.17) is 19.3 Å². The number of rotatable bonds is 12. The first-order valence-corrected chi connectivity index (χ1v) is 11.7. The van der Waals surface area contributed by atoms with Crippen LogP contribution in [0.5, 0.6) is 17.2 Å². The van der Waals surface area contributed by atoms with Crippen LogP contribution >= 0.6 is 0 Å². The molecule has 0 spiro atoms. The number of carbonyl (C=O) groups is 1. The zero-order valence-corrected chi connectivity index (χ0v) is 20.9. The van der Waals surface area contributed by atoms with Crippen LogP contribution in [0.15, 0.2) is 60.7 Å². The average Bonchev–Trinajstić information content (AvgIpc) is 2.88. The first kappa shape index (κ1) is 27.9. The standard InChI is InChI=1S/C28H30F3NO5/c1-18(19-5-4-6-24(15-19)35-2)32-11-12-37-25-16-22(14-23(17-25)28(29,30)31)20-7-9-26(36-3)21(13-20)8-10-27(33)34/h4-7,9,13-18,32H,8,10-12H2,1-3H3,(H,33,34)/t18-/m1/s1. The van der Waals surface area contributed by atoms with Crippen molar-refractivity contribution in [3.8, 4) is 28.4 Å². The first-order chi connectivity index (χ1) is 17.6. The van der Waals surface area contributed by atoms with Gasteiger partial charge in [0, 0.05) is 19.0 Å². The fourth-order valence-corrected chi connectivity index (χ4v) is 3.88. The van der Waals surface area contributed by atoms with Crippen LogP contribution in [-0.4, -0.2) is 38.4 Å². The summed E-state index contributed by atoms with van der Waals surface area (Å²) in [5.74, 6) is 0.327. The maximum absolute atomic E-state index is 13.7. The minimum atomic E-state index is -4.56. The molecule has 0 amide bonds. The lowest BCUT2D eigenvalue weighted by Crippen LogP contribution is -2.24. The Labute approximate surface area is 214 Å². The molecule has 0 saturated carbocycles. The molecule has 9 heteroatoms. The molecular weight excluding hydrogens is 487 g/mol. The molecule has 0 bridgehead atoms. The molecule has 3 aromatic carbocycles. The van der Waals surface area contributed by atoms with Crippen molar-refractivity contribution >= 4 is 5.97 Å². The molecule has 198 valence electrons. The molecule has 0 aliphatic carbocycles. The molecule has 0 fully saturated rings. The number of hydrogen-bond acceptors (Lipinski definition) is 5. The van der Waals surface area contributed by atoms with E-state index in [2.05, 4.69) is 5.32 Å². The third-order valence-corrected chi connectivity index (χ3v) is 5.87. The van der Waals surface area contributed by atoms with Crippen LogP contribution in [-0.2, 0) is 17.4 Å². The molecule has 1 atom stereocenters. The van der Waals surface area contributed by atoms with Crippen molar-refractivity contribution in [2.45, 2.75) is 32.0 Å². The summed E-state index contributed by atoms with van der Waals surface area (Å²) < 4.78 is 57.2. The van der Waals surface area contributed by atoms with Crippen molar-refractivity contribution in [3.63, 3.8) is 0 Å². The fourth-order valence-electron chi connectivity index (χ4n) is 3.88. The number of carboxylic acids is 1. The Balaban J connectivity index is 1.76. The number of aliphatic carboxylic acids is 1. The van der Waals surface area contributed by atoms with Gasteiger partial charge in [0.05, 0.1) is 19.8 Å². The fraction of sp³-hybridized carbons (Fsp3) is 0.321. The first-order valence-electron chi connectivity index (χ1n) is 11.7. The minimum Gasteiger partial charge on any atom is -0.497 e. The number of carboxylic acid groups (broad SMARTS) is 1. The van der Waals surface area contributed by atoms with E-state index < -0.39 is 17.7 Å². The molecule has 0 aromatic heterocycles. The van der Waals surface area contributed by atoms with Crippen molar-refractivity contribution in [1.29, 1.82) is 0 Å². The van der Waals surface area contributed by atoms with Gasteiger partial charge in [0.1, 0.15) is 23.9 Å². The smallest absolute Gasteiger partial charge is 0.416 e. The number of alkyl halides is 3. The summed E-state index contributed by atoms with van der Waals surface area (Å²) in [7, 11) is 3.05. The van der Waals surface area contributed by atoms with Crippen LogP contribution in [0.3, 0.4) is 0 Å². The number of methoxy groups -OCH3 is 2. The Bertz CT molecular complexity index is 1210. The maximum atomic E-state index is 13.7. The van der Waals surface area contributed by atoms with Gasteiger partial charge in [-0.15, -0.1) is 0 Å². The highest BCUT2D eigenvalue weighted by molar-refractivity contribution is 5.70. The quantitative estimate of drug-likeness (QED) is 0.281. The van der Waals surface area contributed by atoms with Crippen LogP contribution in [0.4, 0.5) is 13.2 Å². The van der Waals surface area contributed by atoms with Crippen LogP contribution < -0.4 is 19.5 Å². The molecule has 0 heterocycles. The number of aryl methyl sites for hydroxylation is 1. The lowest BCUT2D eigenvalue weighted by molar-refractivity contribution is -0.138. The molecule has 3 rings (SSSR count). The highest BCUT2D eigenvalue weighted by Crippen LogP contribution is 2.37. The Morgan fingerprint density at radius 2 is 1.76 bits per heavy atom. The van der Waals surface area contributed by atoms with Gasteiger partial charge in [0.2, 0.25) is 0 Å². The number of ether oxygens (including phenoxy) is 3. The number of hydrogen-bond donors (Lipinski definition) is 2. The van der Waals surface area contributed by atoms with Crippen LogP contribution in [0.1, 0.15) is 36.1 Å². The normalized spacial score (nSPS) is 12.2. The van der Waals surface area contributed by atoms with E-state index >= 15 is 0 Å². The zero-order chi connectivity index (χ0) is 27.0. The molecule has 2 N–H and O–H groups in total. The van der Waals surface area contributed by atoms with E-state index in [0.717, 1.165) is 23.4 Å². The van der Waals surface area contributed by atoms with Crippen LogP contribution in [0, 0.1) is 0 Å². The topological polar surface area (TPSA) is 77.0 Å². The van der Waals surface area contributed by atoms with Crippen molar-refractivity contribution in [2.24, 2.45) is 0 Å². The van der Waals surface area contributed by atoms with E-state index in [9.17, 15) is 18.0 Å². The van der Waals surface area contributed by atoms with Gasteiger partial charge in [-0.05, 0) is 78.1 Å². The van der Waals surface area contributed by atoms with Gasteiger partial charge in [-0.3, -0.25) is 4.79 Å². The van der Waals surface area contributed by atoms with Gasteiger partial charge in [0.15, 0.2) is 0 Å². The van der Waals surface area contributed by atoms with Gasteiger partial charge >= 0.3 is 12.1 Å². The van der Waals surface area contributed by atoms with Crippen LogP contribution in [0.25, 0.3) is 11.1 Å². The Morgan fingerprint density at radius 1 is 0.973 bits per heavy atom. The second-order valence-corrected chi connectivity index (χ2v) is 8.47. The molecule has 0 aliphatic heterocycles. The Hall–Kier alpha value is -3.72. The molecule has 6 nitrogen and oxygen atoms in total. The molecular formula is C28H30F3NO5. The van der Waals surface area contributed by atoms with E-state index in [1.807, 2.05) is 31.2 Å². The average molecular weight is 518 g/mol. The molecule has 0 radical (unpaired) electrons. The second kappa shape index (κ2) is 12.5. The summed E-state index contributed by atoms with van der Waals surface area (Å²) in [5, 5.41) is 12.3. The highest BCUT2D eigenvalue weighted by atomic mass is 19.4. The van der Waals surface area contributed by atoms with Crippen LogP contribution in [0.2, 0.25) is 0 Å². The Morgan fingerprint density at radius 3 is 2.43 bits per heavy atom. The predicted molar refractivity (Wildman–Crippen MR) is 134 cm³/mol.